The summed E-state index contributed by atoms with van der Waals surface area (Å²) in [6.45, 7) is 2.61. The average molecular weight is 420 g/mol. The van der Waals surface area contributed by atoms with Gasteiger partial charge in [-0.3, -0.25) is 4.79 Å². The van der Waals surface area contributed by atoms with Crippen molar-refractivity contribution >= 4 is 21.6 Å². The van der Waals surface area contributed by atoms with Gasteiger partial charge in [0.25, 0.3) is 0 Å². The van der Waals surface area contributed by atoms with Gasteiger partial charge in [-0.1, -0.05) is 6.07 Å². The van der Waals surface area contributed by atoms with Crippen molar-refractivity contribution in [2.45, 2.75) is 30.7 Å². The first-order chi connectivity index (χ1) is 13.9. The Hall–Kier alpha value is -2.65. The molecule has 4 rings (SSSR count). The Bertz CT molecular complexity index is 1060. The van der Waals surface area contributed by atoms with Gasteiger partial charge in [-0.05, 0) is 49.6 Å². The lowest BCUT2D eigenvalue weighted by molar-refractivity contribution is -0.119. The van der Waals surface area contributed by atoms with E-state index in [0.717, 1.165) is 0 Å². The van der Waals surface area contributed by atoms with E-state index in [1.165, 1.54) is 22.5 Å². The molecule has 2 aromatic carbocycles. The zero-order valence-corrected chi connectivity index (χ0v) is 16.7. The van der Waals surface area contributed by atoms with Crippen LogP contribution in [0.1, 0.15) is 18.4 Å². The van der Waals surface area contributed by atoms with Crippen molar-refractivity contribution in [2.24, 2.45) is 0 Å². The summed E-state index contributed by atoms with van der Waals surface area (Å²) in [4.78, 5) is 12.8. The summed E-state index contributed by atoms with van der Waals surface area (Å²) < 4.78 is 52.2. The second kappa shape index (κ2) is 7.64. The molecule has 1 N–H and O–H groups in total. The first-order valence-electron chi connectivity index (χ1n) is 9.35. The molecule has 0 aliphatic carbocycles. The molecule has 0 bridgehead atoms. The van der Waals surface area contributed by atoms with Crippen molar-refractivity contribution in [2.75, 3.05) is 25.1 Å². The number of rotatable bonds is 4. The second-order valence-electron chi connectivity index (χ2n) is 7.03. The monoisotopic (exact) mass is 420 g/mol. The molecule has 0 radical (unpaired) electrons. The van der Waals surface area contributed by atoms with Gasteiger partial charge in [-0.2, -0.15) is 4.31 Å². The number of anilines is 1. The van der Waals surface area contributed by atoms with Crippen molar-refractivity contribution in [3.05, 3.63) is 47.8 Å². The second-order valence-corrected chi connectivity index (χ2v) is 8.92. The fourth-order valence-corrected chi connectivity index (χ4v) is 5.18. The molecule has 1 atom stereocenters. The number of benzene rings is 2. The number of sulfonamides is 1. The Morgan fingerprint density at radius 2 is 1.90 bits per heavy atom. The van der Waals surface area contributed by atoms with Crippen LogP contribution in [0.4, 0.5) is 10.1 Å². The quantitative estimate of drug-likeness (QED) is 0.822. The SMILES string of the molecule is Cc1ccc(NC(=O)C2CCCN2S(=O)(=O)c2ccc3c(c2)OCCO3)cc1F. The lowest BCUT2D eigenvalue weighted by Gasteiger charge is -2.24. The summed E-state index contributed by atoms with van der Waals surface area (Å²) in [6.07, 6.45) is 0.952. The van der Waals surface area contributed by atoms with Crippen LogP contribution in [0, 0.1) is 12.7 Å². The Morgan fingerprint density at radius 3 is 2.66 bits per heavy atom. The van der Waals surface area contributed by atoms with Gasteiger partial charge in [0.2, 0.25) is 15.9 Å². The van der Waals surface area contributed by atoms with Gasteiger partial charge in [0, 0.05) is 18.3 Å². The molecule has 0 saturated carbocycles. The fourth-order valence-electron chi connectivity index (χ4n) is 3.51. The summed E-state index contributed by atoms with van der Waals surface area (Å²) in [5.74, 6) is -0.0539. The molecular formula is C20H21FN2O5S. The van der Waals surface area contributed by atoms with Gasteiger partial charge < -0.3 is 14.8 Å². The van der Waals surface area contributed by atoms with Crippen LogP contribution in [-0.4, -0.2) is 44.4 Å². The summed E-state index contributed by atoms with van der Waals surface area (Å²) in [5.41, 5.74) is 0.758. The average Bonchev–Trinajstić information content (AvgIpc) is 3.21. The smallest absolute Gasteiger partial charge is 0.243 e. The number of halogens is 1. The van der Waals surface area contributed by atoms with Crippen LogP contribution in [0.3, 0.4) is 0 Å². The molecule has 0 aromatic heterocycles. The van der Waals surface area contributed by atoms with Crippen LogP contribution in [-0.2, 0) is 14.8 Å². The van der Waals surface area contributed by atoms with Crippen LogP contribution in [0.25, 0.3) is 0 Å². The zero-order chi connectivity index (χ0) is 20.6. The summed E-state index contributed by atoms with van der Waals surface area (Å²) in [7, 11) is -3.91. The maximum atomic E-state index is 13.8. The van der Waals surface area contributed by atoms with E-state index in [0.29, 0.717) is 48.8 Å². The predicted molar refractivity (Wildman–Crippen MR) is 104 cm³/mol. The third-order valence-corrected chi connectivity index (χ3v) is 6.97. The largest absolute Gasteiger partial charge is 0.486 e. The van der Waals surface area contributed by atoms with E-state index in [9.17, 15) is 17.6 Å². The molecule has 2 aromatic rings. The number of fused-ring (bicyclic) bond motifs is 1. The molecule has 0 spiro atoms. The van der Waals surface area contributed by atoms with Crippen molar-refractivity contribution in [1.82, 2.24) is 4.31 Å². The first-order valence-corrected chi connectivity index (χ1v) is 10.8. The third kappa shape index (κ3) is 3.79. The van der Waals surface area contributed by atoms with Crippen LogP contribution in [0.15, 0.2) is 41.3 Å². The van der Waals surface area contributed by atoms with Crippen LogP contribution < -0.4 is 14.8 Å². The number of carbonyl (C=O) groups is 1. The van der Waals surface area contributed by atoms with E-state index in [2.05, 4.69) is 5.32 Å². The molecule has 2 aliphatic heterocycles. The Kier molecular flexibility index (Phi) is 5.18. The number of amides is 1. The minimum absolute atomic E-state index is 0.0443. The van der Waals surface area contributed by atoms with E-state index in [1.54, 1.807) is 25.1 Å². The van der Waals surface area contributed by atoms with Gasteiger partial charge in [0.15, 0.2) is 11.5 Å². The molecular weight excluding hydrogens is 399 g/mol. The van der Waals surface area contributed by atoms with E-state index >= 15 is 0 Å². The number of hydrogen-bond donors (Lipinski definition) is 1. The molecule has 1 fully saturated rings. The van der Waals surface area contributed by atoms with Gasteiger partial charge in [-0.15, -0.1) is 0 Å². The Balaban J connectivity index is 1.56. The maximum Gasteiger partial charge on any atom is 0.243 e. The molecule has 2 aliphatic rings. The molecule has 2 heterocycles. The third-order valence-electron chi connectivity index (χ3n) is 5.07. The van der Waals surface area contributed by atoms with Crippen LogP contribution in [0.5, 0.6) is 11.5 Å². The summed E-state index contributed by atoms with van der Waals surface area (Å²) in [5, 5.41) is 2.63. The van der Waals surface area contributed by atoms with Crippen molar-refractivity contribution in [3.8, 4) is 11.5 Å². The van der Waals surface area contributed by atoms with Gasteiger partial charge >= 0.3 is 0 Å². The van der Waals surface area contributed by atoms with Crippen molar-refractivity contribution in [3.63, 3.8) is 0 Å². The molecule has 1 saturated heterocycles. The number of nitrogens with one attached hydrogen (secondary N) is 1. The molecule has 9 heteroatoms. The number of nitrogens with zero attached hydrogens (tertiary/aromatic N) is 1. The maximum absolute atomic E-state index is 13.8. The van der Waals surface area contributed by atoms with Crippen molar-refractivity contribution < 1.29 is 27.1 Å². The highest BCUT2D eigenvalue weighted by molar-refractivity contribution is 7.89. The molecule has 29 heavy (non-hydrogen) atoms. The van der Waals surface area contributed by atoms with Gasteiger partial charge in [-0.25, -0.2) is 12.8 Å². The van der Waals surface area contributed by atoms with Crippen LogP contribution >= 0.6 is 0 Å². The van der Waals surface area contributed by atoms with E-state index in [-0.39, 0.29) is 11.4 Å². The highest BCUT2D eigenvalue weighted by Gasteiger charge is 2.40. The highest BCUT2D eigenvalue weighted by Crippen LogP contribution is 2.35. The minimum Gasteiger partial charge on any atom is -0.486 e. The van der Waals surface area contributed by atoms with E-state index in [1.807, 2.05) is 0 Å². The lowest BCUT2D eigenvalue weighted by Crippen LogP contribution is -2.43. The normalized spacial score (nSPS) is 19.2. The van der Waals surface area contributed by atoms with Gasteiger partial charge in [0.1, 0.15) is 25.1 Å². The van der Waals surface area contributed by atoms with E-state index < -0.39 is 27.8 Å². The molecule has 1 unspecified atom stereocenters. The topological polar surface area (TPSA) is 84.9 Å². The lowest BCUT2D eigenvalue weighted by atomic mass is 10.2. The summed E-state index contributed by atoms with van der Waals surface area (Å²) >= 11 is 0. The van der Waals surface area contributed by atoms with E-state index in [4.69, 9.17) is 9.47 Å². The van der Waals surface area contributed by atoms with Crippen LogP contribution in [0.2, 0.25) is 0 Å². The standard InChI is InChI=1S/C20H21FN2O5S/c1-13-4-5-14(11-16(13)21)22-20(24)17-3-2-8-23(17)29(25,26)15-6-7-18-19(12-15)28-10-9-27-18/h4-7,11-12,17H,2-3,8-10H2,1H3,(H,22,24). The number of hydrogen-bond acceptors (Lipinski definition) is 5. The zero-order valence-electron chi connectivity index (χ0n) is 15.9. The predicted octanol–water partition coefficient (Wildman–Crippen LogP) is 2.70. The number of carbonyl (C=O) groups excluding carboxylic acids is 1. The molecule has 7 nitrogen and oxygen atoms in total. The molecule has 1 amide bonds. The fraction of sp³-hybridized carbons (Fsp3) is 0.350. The Morgan fingerprint density at radius 1 is 1.14 bits per heavy atom. The Labute approximate surface area is 168 Å². The summed E-state index contributed by atoms with van der Waals surface area (Å²) in [6, 6.07) is 7.94. The molecule has 154 valence electrons. The number of aryl methyl sites for hydroxylation is 1. The van der Waals surface area contributed by atoms with Gasteiger partial charge in [0.05, 0.1) is 4.90 Å². The minimum atomic E-state index is -3.91. The highest BCUT2D eigenvalue weighted by atomic mass is 32.2. The van der Waals surface area contributed by atoms with Crippen molar-refractivity contribution in [1.29, 1.82) is 0 Å². The number of ether oxygens (including phenoxy) is 2. The first kappa shape index (κ1) is 19.7.